The maximum atomic E-state index is 12.2. The van der Waals surface area contributed by atoms with Gasteiger partial charge < -0.3 is 10.2 Å². The lowest BCUT2D eigenvalue weighted by Gasteiger charge is -2.41. The Balaban J connectivity index is 1.22. The van der Waals surface area contributed by atoms with Gasteiger partial charge in [0.2, 0.25) is 5.91 Å². The molecule has 0 aromatic carbocycles. The van der Waals surface area contributed by atoms with Gasteiger partial charge in [-0.05, 0) is 42.7 Å². The third-order valence-corrected chi connectivity index (χ3v) is 8.37. The number of allylic oxidation sites excluding steroid dienone is 1. The Kier molecular flexibility index (Phi) is 6.06. The topological polar surface area (TPSA) is 96.8 Å². The molecule has 35 heavy (non-hydrogen) atoms. The standard InChI is InChI=1S/C25H26ClN7OS/c1-2-15-8-18-20(21(15)26)23(33-12-14(13-33)10-30-24(34)16-4-3-5-16)32-25(31-18)35-17-9-19-22(29-11-17)28-7-6-27-19/h6-7,9,11,14,16H,2-5,8,10,12-13H2,1H3,(H,30,34). The first-order valence-electron chi connectivity index (χ1n) is 12.1. The Morgan fingerprint density at radius 2 is 2.03 bits per heavy atom. The summed E-state index contributed by atoms with van der Waals surface area (Å²) in [5.74, 6) is 1.74. The van der Waals surface area contributed by atoms with Crippen molar-refractivity contribution < 1.29 is 4.79 Å². The molecule has 2 fully saturated rings. The van der Waals surface area contributed by atoms with E-state index in [1.165, 1.54) is 23.8 Å². The van der Waals surface area contributed by atoms with Gasteiger partial charge in [0, 0.05) is 61.4 Å². The summed E-state index contributed by atoms with van der Waals surface area (Å²) in [5.41, 5.74) is 4.51. The van der Waals surface area contributed by atoms with Crippen LogP contribution >= 0.6 is 23.4 Å². The third kappa shape index (κ3) is 4.36. The molecule has 0 bridgehead atoms. The van der Waals surface area contributed by atoms with E-state index in [0.29, 0.717) is 23.3 Å². The lowest BCUT2D eigenvalue weighted by atomic mass is 9.84. The minimum absolute atomic E-state index is 0.212. The van der Waals surface area contributed by atoms with E-state index in [-0.39, 0.29) is 11.8 Å². The molecule has 1 amide bonds. The van der Waals surface area contributed by atoms with Gasteiger partial charge in [0.25, 0.3) is 0 Å². The predicted octanol–water partition coefficient (Wildman–Crippen LogP) is 4.23. The zero-order chi connectivity index (χ0) is 23.9. The van der Waals surface area contributed by atoms with Crippen molar-refractivity contribution in [2.45, 2.75) is 49.1 Å². The number of anilines is 1. The van der Waals surface area contributed by atoms with Crippen molar-refractivity contribution >= 4 is 51.3 Å². The molecule has 1 saturated heterocycles. The molecule has 0 unspecified atom stereocenters. The molecular formula is C25H26ClN7OS. The van der Waals surface area contributed by atoms with Gasteiger partial charge in [0.05, 0.1) is 16.3 Å². The van der Waals surface area contributed by atoms with E-state index in [2.05, 4.69) is 32.1 Å². The maximum absolute atomic E-state index is 12.2. The number of rotatable bonds is 7. The summed E-state index contributed by atoms with van der Waals surface area (Å²) in [4.78, 5) is 38.2. The van der Waals surface area contributed by atoms with Crippen molar-refractivity contribution in [3.8, 4) is 0 Å². The molecule has 1 saturated carbocycles. The van der Waals surface area contributed by atoms with Gasteiger partial charge in [0.15, 0.2) is 10.8 Å². The molecule has 6 rings (SSSR count). The van der Waals surface area contributed by atoms with E-state index in [4.69, 9.17) is 21.6 Å². The normalized spacial score (nSPS) is 17.9. The van der Waals surface area contributed by atoms with E-state index in [1.54, 1.807) is 18.6 Å². The van der Waals surface area contributed by atoms with Gasteiger partial charge in [-0.15, -0.1) is 0 Å². The number of pyridine rings is 1. The van der Waals surface area contributed by atoms with Crippen molar-refractivity contribution in [1.29, 1.82) is 0 Å². The van der Waals surface area contributed by atoms with E-state index in [9.17, 15) is 4.79 Å². The molecule has 4 heterocycles. The summed E-state index contributed by atoms with van der Waals surface area (Å²) < 4.78 is 0. The van der Waals surface area contributed by atoms with Crippen LogP contribution in [0.3, 0.4) is 0 Å². The second kappa shape index (κ2) is 9.35. The number of amides is 1. The highest BCUT2D eigenvalue weighted by atomic mass is 35.5. The maximum Gasteiger partial charge on any atom is 0.223 e. The Morgan fingerprint density at radius 3 is 2.80 bits per heavy atom. The highest BCUT2D eigenvalue weighted by Crippen LogP contribution is 2.43. The summed E-state index contributed by atoms with van der Waals surface area (Å²) >= 11 is 8.27. The lowest BCUT2D eigenvalue weighted by Crippen LogP contribution is -2.53. The fourth-order valence-electron chi connectivity index (χ4n) is 4.77. The largest absolute Gasteiger partial charge is 0.355 e. The SMILES string of the molecule is CCC1=C(Cl)c2c(nc(Sc3cnc4nccnc4c3)nc2N2CC(CNC(=O)C3CCC3)C2)C1. The van der Waals surface area contributed by atoms with Crippen LogP contribution in [0.25, 0.3) is 16.2 Å². The molecule has 1 N–H and O–H groups in total. The van der Waals surface area contributed by atoms with Gasteiger partial charge in [-0.25, -0.2) is 19.9 Å². The number of nitrogens with one attached hydrogen (secondary N) is 1. The molecule has 1 aliphatic heterocycles. The monoisotopic (exact) mass is 507 g/mol. The molecule has 3 aromatic rings. The van der Waals surface area contributed by atoms with Crippen LogP contribution in [0.2, 0.25) is 0 Å². The Labute approximate surface area is 213 Å². The third-order valence-electron chi connectivity index (χ3n) is 7.09. The molecule has 3 aliphatic rings. The number of hydrogen-bond donors (Lipinski definition) is 1. The first-order chi connectivity index (χ1) is 17.1. The van der Waals surface area contributed by atoms with E-state index in [0.717, 1.165) is 71.3 Å². The van der Waals surface area contributed by atoms with Crippen LogP contribution in [0.5, 0.6) is 0 Å². The Hall–Kier alpha value is -2.78. The molecule has 180 valence electrons. The minimum atomic E-state index is 0.212. The quantitative estimate of drug-likeness (QED) is 0.474. The number of carbonyl (C=O) groups excluding carboxylic acids is 1. The van der Waals surface area contributed by atoms with Crippen LogP contribution in [-0.2, 0) is 11.2 Å². The van der Waals surface area contributed by atoms with E-state index in [1.807, 2.05) is 6.07 Å². The van der Waals surface area contributed by atoms with Crippen molar-refractivity contribution in [1.82, 2.24) is 30.2 Å². The van der Waals surface area contributed by atoms with Crippen LogP contribution in [0.15, 0.2) is 40.3 Å². The van der Waals surface area contributed by atoms with Crippen molar-refractivity contribution in [3.63, 3.8) is 0 Å². The van der Waals surface area contributed by atoms with Crippen molar-refractivity contribution in [2.75, 3.05) is 24.5 Å². The lowest BCUT2D eigenvalue weighted by molar-refractivity contribution is -0.127. The number of carbonyl (C=O) groups is 1. The molecule has 8 nitrogen and oxygen atoms in total. The smallest absolute Gasteiger partial charge is 0.223 e. The molecule has 3 aromatic heterocycles. The van der Waals surface area contributed by atoms with Crippen LogP contribution < -0.4 is 10.2 Å². The van der Waals surface area contributed by atoms with Gasteiger partial charge in [-0.2, -0.15) is 0 Å². The van der Waals surface area contributed by atoms with Crippen LogP contribution in [0, 0.1) is 11.8 Å². The molecule has 0 spiro atoms. The molecule has 10 heteroatoms. The van der Waals surface area contributed by atoms with Gasteiger partial charge in [-0.1, -0.05) is 24.9 Å². The van der Waals surface area contributed by atoms with Crippen LogP contribution in [0.4, 0.5) is 5.82 Å². The second-order valence-electron chi connectivity index (χ2n) is 9.42. The molecule has 0 radical (unpaired) electrons. The number of nitrogens with zero attached hydrogens (tertiary/aromatic N) is 6. The zero-order valence-corrected chi connectivity index (χ0v) is 21.1. The fourth-order valence-corrected chi connectivity index (χ4v) is 5.94. The van der Waals surface area contributed by atoms with Gasteiger partial charge in [0.1, 0.15) is 11.3 Å². The first kappa shape index (κ1) is 22.7. The minimum Gasteiger partial charge on any atom is -0.355 e. The van der Waals surface area contributed by atoms with Gasteiger partial charge in [-0.3, -0.25) is 9.78 Å². The van der Waals surface area contributed by atoms with Gasteiger partial charge >= 0.3 is 0 Å². The summed E-state index contributed by atoms with van der Waals surface area (Å²) in [6.07, 6.45) is 9.96. The fraction of sp³-hybridized carbons (Fsp3) is 0.440. The summed E-state index contributed by atoms with van der Waals surface area (Å²) in [6.45, 7) is 4.53. The number of hydrogen-bond acceptors (Lipinski definition) is 8. The van der Waals surface area contributed by atoms with Crippen LogP contribution in [0.1, 0.15) is 43.9 Å². The average molecular weight is 508 g/mol. The molecule has 2 aliphatic carbocycles. The number of aromatic nitrogens is 5. The second-order valence-corrected chi connectivity index (χ2v) is 10.8. The zero-order valence-electron chi connectivity index (χ0n) is 19.5. The number of halogens is 1. The predicted molar refractivity (Wildman–Crippen MR) is 136 cm³/mol. The molecular weight excluding hydrogens is 482 g/mol. The van der Waals surface area contributed by atoms with E-state index < -0.39 is 0 Å². The summed E-state index contributed by atoms with van der Waals surface area (Å²) in [6, 6.07) is 1.96. The highest BCUT2D eigenvalue weighted by molar-refractivity contribution is 7.99. The average Bonchev–Trinajstić information content (AvgIpc) is 3.12. The van der Waals surface area contributed by atoms with E-state index >= 15 is 0 Å². The Bertz CT molecular complexity index is 1340. The first-order valence-corrected chi connectivity index (χ1v) is 13.3. The summed E-state index contributed by atoms with van der Waals surface area (Å²) in [5, 5.41) is 4.60. The molecule has 0 atom stereocenters. The number of fused-ring (bicyclic) bond motifs is 2. The van der Waals surface area contributed by atoms with Crippen molar-refractivity contribution in [2.24, 2.45) is 11.8 Å². The Morgan fingerprint density at radius 1 is 1.20 bits per heavy atom. The van der Waals surface area contributed by atoms with Crippen LogP contribution in [-0.4, -0.2) is 50.5 Å². The summed E-state index contributed by atoms with van der Waals surface area (Å²) in [7, 11) is 0. The highest BCUT2D eigenvalue weighted by Gasteiger charge is 2.35. The van der Waals surface area contributed by atoms with Crippen molar-refractivity contribution in [3.05, 3.63) is 41.5 Å².